The first-order valence-electron chi connectivity index (χ1n) is 7.13. The number of sulfonamides is 1. The van der Waals surface area contributed by atoms with E-state index in [9.17, 15) is 13.2 Å². The number of carbonyl (C=O) groups is 1. The molecule has 7 nitrogen and oxygen atoms in total. The molecule has 2 amide bonds. The summed E-state index contributed by atoms with van der Waals surface area (Å²) in [5.74, 6) is 0. The van der Waals surface area contributed by atoms with Gasteiger partial charge < -0.3 is 16.0 Å². The normalized spacial score (nSPS) is 11.4. The van der Waals surface area contributed by atoms with Crippen molar-refractivity contribution in [3.63, 3.8) is 0 Å². The highest BCUT2D eigenvalue weighted by atomic mass is 32.2. The van der Waals surface area contributed by atoms with Crippen molar-refractivity contribution >= 4 is 38.3 Å². The lowest BCUT2D eigenvalue weighted by Gasteiger charge is -2.13. The third-order valence-electron chi connectivity index (χ3n) is 3.58. The van der Waals surface area contributed by atoms with Crippen molar-refractivity contribution in [3.05, 3.63) is 54.2 Å². The first kappa shape index (κ1) is 15.9. The van der Waals surface area contributed by atoms with Crippen LogP contribution in [0.2, 0.25) is 0 Å². The van der Waals surface area contributed by atoms with Crippen LogP contribution in [0.15, 0.2) is 53.6 Å². The number of aromatic nitrogens is 1. The van der Waals surface area contributed by atoms with Crippen molar-refractivity contribution in [1.82, 2.24) is 4.98 Å². The summed E-state index contributed by atoms with van der Waals surface area (Å²) in [5, 5.41) is 3.27. The summed E-state index contributed by atoms with van der Waals surface area (Å²) in [5.41, 5.74) is 7.09. The molecule has 0 aliphatic heterocycles. The number of fused-ring (bicyclic) bond motifs is 1. The Morgan fingerprint density at radius 1 is 1.17 bits per heavy atom. The lowest BCUT2D eigenvalue weighted by Crippen LogP contribution is -2.20. The average molecular weight is 344 g/mol. The molecule has 0 aliphatic carbocycles. The van der Waals surface area contributed by atoms with Crippen LogP contribution < -0.4 is 15.8 Å². The Balaban J connectivity index is 2.01. The first-order valence-corrected chi connectivity index (χ1v) is 8.61. The number of para-hydroxylation sites is 1. The number of anilines is 2. The highest BCUT2D eigenvalue weighted by Gasteiger charge is 2.19. The molecule has 0 fully saturated rings. The highest BCUT2D eigenvalue weighted by Crippen LogP contribution is 2.27. The van der Waals surface area contributed by atoms with Crippen molar-refractivity contribution in [2.75, 3.05) is 10.0 Å². The zero-order chi connectivity index (χ0) is 17.3. The van der Waals surface area contributed by atoms with Gasteiger partial charge in [-0.15, -0.1) is 0 Å². The molecule has 3 rings (SSSR count). The molecule has 0 radical (unpaired) electrons. The number of nitrogens with one attached hydrogen (secondary N) is 3. The molecule has 0 bridgehead atoms. The van der Waals surface area contributed by atoms with Gasteiger partial charge in [0.05, 0.1) is 16.1 Å². The lowest BCUT2D eigenvalue weighted by atomic mass is 10.2. The molecule has 2 aromatic carbocycles. The van der Waals surface area contributed by atoms with E-state index in [-0.39, 0.29) is 4.90 Å². The van der Waals surface area contributed by atoms with Gasteiger partial charge in [-0.2, -0.15) is 0 Å². The minimum Gasteiger partial charge on any atom is -0.359 e. The van der Waals surface area contributed by atoms with Gasteiger partial charge in [-0.05, 0) is 36.8 Å². The Hall–Kier alpha value is -3.00. The summed E-state index contributed by atoms with van der Waals surface area (Å²) in [6.45, 7) is 1.68. The number of benzene rings is 2. The SMILES string of the molecule is Cc1ccc(NC(N)=O)cc1S(=O)(=O)Nc1cccc2cc[nH]c12. The van der Waals surface area contributed by atoms with E-state index in [0.717, 1.165) is 5.39 Å². The first-order chi connectivity index (χ1) is 11.4. The van der Waals surface area contributed by atoms with Crippen molar-refractivity contribution in [3.8, 4) is 0 Å². The van der Waals surface area contributed by atoms with Gasteiger partial charge in [-0.25, -0.2) is 13.2 Å². The second-order valence-corrected chi connectivity index (χ2v) is 6.97. The molecule has 1 aromatic heterocycles. The van der Waals surface area contributed by atoms with E-state index >= 15 is 0 Å². The molecular weight excluding hydrogens is 328 g/mol. The Labute approximate surface area is 138 Å². The number of amides is 2. The predicted octanol–water partition coefficient (Wildman–Crippen LogP) is 2.77. The van der Waals surface area contributed by atoms with Crippen molar-refractivity contribution in [2.24, 2.45) is 5.73 Å². The monoisotopic (exact) mass is 344 g/mol. The van der Waals surface area contributed by atoms with E-state index in [4.69, 9.17) is 5.73 Å². The zero-order valence-electron chi connectivity index (χ0n) is 12.8. The van der Waals surface area contributed by atoms with Crippen LogP contribution in [0.25, 0.3) is 10.9 Å². The number of nitrogens with two attached hydrogens (primary N) is 1. The molecular formula is C16H16N4O3S. The van der Waals surface area contributed by atoms with Crippen LogP contribution in [-0.4, -0.2) is 19.4 Å². The second-order valence-electron chi connectivity index (χ2n) is 5.32. The van der Waals surface area contributed by atoms with E-state index in [1.54, 1.807) is 37.4 Å². The Bertz CT molecular complexity index is 1020. The van der Waals surface area contributed by atoms with E-state index in [0.29, 0.717) is 22.5 Å². The minimum atomic E-state index is -3.83. The summed E-state index contributed by atoms with van der Waals surface area (Å²) < 4.78 is 28.1. The maximum atomic E-state index is 12.8. The number of carbonyl (C=O) groups excluding carboxylic acids is 1. The summed E-state index contributed by atoms with van der Waals surface area (Å²) in [6, 6.07) is 11.0. The maximum absolute atomic E-state index is 12.8. The van der Waals surface area contributed by atoms with Crippen LogP contribution >= 0.6 is 0 Å². The number of primary amides is 1. The number of aromatic amines is 1. The molecule has 0 atom stereocenters. The van der Waals surface area contributed by atoms with Crippen LogP contribution in [0.1, 0.15) is 5.56 Å². The van der Waals surface area contributed by atoms with Crippen LogP contribution in [0.3, 0.4) is 0 Å². The maximum Gasteiger partial charge on any atom is 0.316 e. The minimum absolute atomic E-state index is 0.0670. The van der Waals surface area contributed by atoms with Gasteiger partial charge in [0.1, 0.15) is 0 Å². The van der Waals surface area contributed by atoms with Gasteiger partial charge in [-0.3, -0.25) is 4.72 Å². The largest absolute Gasteiger partial charge is 0.359 e. The Morgan fingerprint density at radius 3 is 2.71 bits per heavy atom. The zero-order valence-corrected chi connectivity index (χ0v) is 13.6. The topological polar surface area (TPSA) is 117 Å². The Morgan fingerprint density at radius 2 is 1.96 bits per heavy atom. The third kappa shape index (κ3) is 3.04. The quantitative estimate of drug-likeness (QED) is 0.583. The second kappa shape index (κ2) is 5.89. The average Bonchev–Trinajstić information content (AvgIpc) is 2.98. The fourth-order valence-corrected chi connectivity index (χ4v) is 3.82. The van der Waals surface area contributed by atoms with Crippen molar-refractivity contribution in [1.29, 1.82) is 0 Å². The van der Waals surface area contributed by atoms with Gasteiger partial charge in [0.15, 0.2) is 0 Å². The molecule has 3 aromatic rings. The number of urea groups is 1. The number of aryl methyl sites for hydroxylation is 1. The fraction of sp³-hybridized carbons (Fsp3) is 0.0625. The van der Waals surface area contributed by atoms with Gasteiger partial charge >= 0.3 is 6.03 Å². The fourth-order valence-electron chi connectivity index (χ4n) is 2.48. The lowest BCUT2D eigenvalue weighted by molar-refractivity contribution is 0.259. The Kier molecular flexibility index (Phi) is 3.90. The molecule has 0 aliphatic rings. The summed E-state index contributed by atoms with van der Waals surface area (Å²) in [7, 11) is -3.83. The summed E-state index contributed by atoms with van der Waals surface area (Å²) in [6.07, 6.45) is 1.74. The number of H-pyrrole nitrogens is 1. The molecule has 5 N–H and O–H groups in total. The van der Waals surface area contributed by atoms with Gasteiger partial charge in [0.25, 0.3) is 10.0 Å². The van der Waals surface area contributed by atoms with Crippen LogP contribution in [0, 0.1) is 6.92 Å². The molecule has 0 saturated carbocycles. The van der Waals surface area contributed by atoms with Gasteiger partial charge in [-0.1, -0.05) is 18.2 Å². The highest BCUT2D eigenvalue weighted by molar-refractivity contribution is 7.92. The van der Waals surface area contributed by atoms with E-state index < -0.39 is 16.1 Å². The standard InChI is InChI=1S/C16H16N4O3S/c1-10-5-6-12(19-16(17)21)9-14(10)24(22,23)20-13-4-2-3-11-7-8-18-15(11)13/h2-9,18,20H,1H3,(H3,17,19,21). The van der Waals surface area contributed by atoms with E-state index in [1.807, 2.05) is 12.1 Å². The number of hydrogen-bond donors (Lipinski definition) is 4. The van der Waals surface area contributed by atoms with Crippen LogP contribution in [0.4, 0.5) is 16.2 Å². The summed E-state index contributed by atoms with van der Waals surface area (Å²) in [4.78, 5) is 14.0. The molecule has 0 saturated heterocycles. The molecule has 1 heterocycles. The van der Waals surface area contributed by atoms with Crippen LogP contribution in [-0.2, 0) is 10.0 Å². The summed E-state index contributed by atoms with van der Waals surface area (Å²) >= 11 is 0. The van der Waals surface area contributed by atoms with Crippen molar-refractivity contribution in [2.45, 2.75) is 11.8 Å². The van der Waals surface area contributed by atoms with E-state index in [2.05, 4.69) is 15.0 Å². The van der Waals surface area contributed by atoms with Crippen molar-refractivity contribution < 1.29 is 13.2 Å². The molecule has 0 spiro atoms. The predicted molar refractivity (Wildman–Crippen MR) is 93.5 cm³/mol. The third-order valence-corrected chi connectivity index (χ3v) is 5.08. The van der Waals surface area contributed by atoms with Gasteiger partial charge in [0.2, 0.25) is 0 Å². The molecule has 8 heteroatoms. The molecule has 0 unspecified atom stereocenters. The number of rotatable bonds is 4. The van der Waals surface area contributed by atoms with E-state index in [1.165, 1.54) is 6.07 Å². The van der Waals surface area contributed by atoms with Gasteiger partial charge in [0, 0.05) is 17.3 Å². The van der Waals surface area contributed by atoms with Crippen LogP contribution in [0.5, 0.6) is 0 Å². The molecule has 124 valence electrons. The number of hydrogen-bond acceptors (Lipinski definition) is 3. The smallest absolute Gasteiger partial charge is 0.316 e. The molecule has 24 heavy (non-hydrogen) atoms.